The molecular weight excluding hydrogens is 267 g/mol. The van der Waals surface area contributed by atoms with E-state index in [2.05, 4.69) is 0 Å². The number of nitrogens with two attached hydrogens (primary N) is 1. The molecular formula is C13H19FN2O2S. The number of sulfonamides is 1. The van der Waals surface area contributed by atoms with Gasteiger partial charge in [0.25, 0.3) is 0 Å². The number of hydrogen-bond acceptors (Lipinski definition) is 3. The van der Waals surface area contributed by atoms with Gasteiger partial charge in [0.05, 0.1) is 0 Å². The highest BCUT2D eigenvalue weighted by molar-refractivity contribution is 7.89. The van der Waals surface area contributed by atoms with Crippen LogP contribution in [0.15, 0.2) is 23.1 Å². The molecule has 0 aromatic heterocycles. The molecule has 0 aliphatic carbocycles. The fourth-order valence-corrected chi connectivity index (χ4v) is 4.41. The summed E-state index contributed by atoms with van der Waals surface area (Å²) in [4.78, 5) is -0.259. The topological polar surface area (TPSA) is 63.4 Å². The summed E-state index contributed by atoms with van der Waals surface area (Å²) >= 11 is 0. The van der Waals surface area contributed by atoms with E-state index >= 15 is 0 Å². The number of benzene rings is 1. The number of halogens is 1. The molecule has 0 saturated carbocycles. The third-order valence-electron chi connectivity index (χ3n) is 3.55. The fraction of sp³-hybridized carbons (Fsp3) is 0.538. The molecule has 6 heteroatoms. The van der Waals surface area contributed by atoms with Crippen LogP contribution < -0.4 is 5.73 Å². The van der Waals surface area contributed by atoms with E-state index in [1.807, 2.05) is 13.8 Å². The smallest absolute Gasteiger partial charge is 0.246 e. The molecule has 2 rings (SSSR count). The van der Waals surface area contributed by atoms with Crippen LogP contribution in [0, 0.1) is 11.7 Å². The van der Waals surface area contributed by atoms with Gasteiger partial charge in [-0.2, -0.15) is 4.31 Å². The van der Waals surface area contributed by atoms with Crippen molar-refractivity contribution < 1.29 is 12.8 Å². The van der Waals surface area contributed by atoms with Crippen LogP contribution in [0.3, 0.4) is 0 Å². The first-order valence-electron chi connectivity index (χ1n) is 6.36. The van der Waals surface area contributed by atoms with Crippen molar-refractivity contribution in [2.24, 2.45) is 11.7 Å². The van der Waals surface area contributed by atoms with Gasteiger partial charge < -0.3 is 5.73 Å². The lowest BCUT2D eigenvalue weighted by atomic mass is 10.1. The van der Waals surface area contributed by atoms with Gasteiger partial charge in [-0.1, -0.05) is 13.0 Å². The third-order valence-corrected chi connectivity index (χ3v) is 5.56. The Balaban J connectivity index is 2.40. The first-order chi connectivity index (χ1) is 8.86. The Bertz CT molecular complexity index is 574. The second-order valence-corrected chi connectivity index (χ2v) is 7.09. The zero-order valence-electron chi connectivity index (χ0n) is 11.1. The minimum absolute atomic E-state index is 0.0893. The van der Waals surface area contributed by atoms with Gasteiger partial charge in [-0.25, -0.2) is 12.8 Å². The lowest BCUT2D eigenvalue weighted by Crippen LogP contribution is -2.34. The second-order valence-electron chi connectivity index (χ2n) is 5.23. The van der Waals surface area contributed by atoms with E-state index in [0.29, 0.717) is 18.0 Å². The summed E-state index contributed by atoms with van der Waals surface area (Å²) in [5.74, 6) is -0.425. The maximum atomic E-state index is 13.9. The Labute approximate surface area is 113 Å². The van der Waals surface area contributed by atoms with Gasteiger partial charge in [0, 0.05) is 19.1 Å². The average Bonchev–Trinajstić information content (AvgIpc) is 2.68. The standard InChI is InChI=1S/C13H19FN2O2S/c1-9-5-10(2)16(8-9)19(17,18)13-4-3-11(7-15)6-12(13)14/h3-4,6,9-10H,5,7-8,15H2,1-2H3. The molecule has 0 spiro atoms. The van der Waals surface area contributed by atoms with Crippen molar-refractivity contribution in [1.82, 2.24) is 4.31 Å². The molecule has 0 bridgehead atoms. The van der Waals surface area contributed by atoms with Gasteiger partial charge in [0.2, 0.25) is 10.0 Å². The summed E-state index contributed by atoms with van der Waals surface area (Å²) in [6.07, 6.45) is 0.807. The van der Waals surface area contributed by atoms with Crippen LogP contribution in [0.2, 0.25) is 0 Å². The van der Waals surface area contributed by atoms with Gasteiger partial charge in [0.15, 0.2) is 0 Å². The normalized spacial score (nSPS) is 24.8. The van der Waals surface area contributed by atoms with E-state index in [4.69, 9.17) is 5.73 Å². The molecule has 1 fully saturated rings. The molecule has 19 heavy (non-hydrogen) atoms. The van der Waals surface area contributed by atoms with E-state index in [0.717, 1.165) is 6.42 Å². The van der Waals surface area contributed by atoms with Crippen molar-refractivity contribution in [3.05, 3.63) is 29.6 Å². The second kappa shape index (κ2) is 5.19. The maximum absolute atomic E-state index is 13.9. The molecule has 1 heterocycles. The van der Waals surface area contributed by atoms with Crippen molar-refractivity contribution in [1.29, 1.82) is 0 Å². The van der Waals surface area contributed by atoms with E-state index in [1.165, 1.54) is 16.4 Å². The zero-order valence-corrected chi connectivity index (χ0v) is 12.0. The van der Waals surface area contributed by atoms with Crippen molar-refractivity contribution in [2.75, 3.05) is 6.54 Å². The van der Waals surface area contributed by atoms with Crippen molar-refractivity contribution in [2.45, 2.75) is 37.8 Å². The summed E-state index contributed by atoms with van der Waals surface area (Å²) in [5.41, 5.74) is 6.00. The van der Waals surface area contributed by atoms with Crippen molar-refractivity contribution in [3.8, 4) is 0 Å². The highest BCUT2D eigenvalue weighted by Crippen LogP contribution is 2.30. The van der Waals surface area contributed by atoms with Crippen LogP contribution >= 0.6 is 0 Å². The van der Waals surface area contributed by atoms with Gasteiger partial charge >= 0.3 is 0 Å². The lowest BCUT2D eigenvalue weighted by Gasteiger charge is -2.21. The molecule has 1 aliphatic heterocycles. The molecule has 1 aromatic rings. The van der Waals surface area contributed by atoms with E-state index in [9.17, 15) is 12.8 Å². The minimum atomic E-state index is -3.76. The van der Waals surface area contributed by atoms with E-state index in [1.54, 1.807) is 6.07 Å². The summed E-state index contributed by atoms with van der Waals surface area (Å²) in [7, 11) is -3.76. The summed E-state index contributed by atoms with van der Waals surface area (Å²) in [6.45, 7) is 4.49. The third kappa shape index (κ3) is 2.66. The highest BCUT2D eigenvalue weighted by Gasteiger charge is 2.37. The van der Waals surface area contributed by atoms with Gasteiger partial charge in [-0.05, 0) is 37.0 Å². The quantitative estimate of drug-likeness (QED) is 0.920. The Hall–Kier alpha value is -0.980. The summed E-state index contributed by atoms with van der Waals surface area (Å²) < 4.78 is 40.3. The average molecular weight is 286 g/mol. The van der Waals surface area contributed by atoms with Crippen LogP contribution in [-0.2, 0) is 16.6 Å². The van der Waals surface area contributed by atoms with E-state index in [-0.39, 0.29) is 17.5 Å². The lowest BCUT2D eigenvalue weighted by molar-refractivity contribution is 0.402. The van der Waals surface area contributed by atoms with Crippen LogP contribution in [-0.4, -0.2) is 25.3 Å². The number of hydrogen-bond donors (Lipinski definition) is 1. The van der Waals surface area contributed by atoms with E-state index < -0.39 is 15.8 Å². The number of rotatable bonds is 3. The Morgan fingerprint density at radius 3 is 2.58 bits per heavy atom. The van der Waals surface area contributed by atoms with Crippen LogP contribution in [0.4, 0.5) is 4.39 Å². The molecule has 0 radical (unpaired) electrons. The van der Waals surface area contributed by atoms with Gasteiger partial charge in [0.1, 0.15) is 10.7 Å². The largest absolute Gasteiger partial charge is 0.326 e. The molecule has 2 atom stereocenters. The molecule has 106 valence electrons. The molecule has 1 aliphatic rings. The molecule has 0 amide bonds. The van der Waals surface area contributed by atoms with Crippen LogP contribution in [0.1, 0.15) is 25.8 Å². The molecule has 4 nitrogen and oxygen atoms in total. The van der Waals surface area contributed by atoms with Crippen LogP contribution in [0.5, 0.6) is 0 Å². The summed E-state index contributed by atoms with van der Waals surface area (Å²) in [5, 5.41) is 0. The van der Waals surface area contributed by atoms with Crippen LogP contribution in [0.25, 0.3) is 0 Å². The maximum Gasteiger partial charge on any atom is 0.246 e. The minimum Gasteiger partial charge on any atom is -0.326 e. The Morgan fingerprint density at radius 1 is 1.42 bits per heavy atom. The molecule has 2 unspecified atom stereocenters. The first kappa shape index (κ1) is 14.4. The Morgan fingerprint density at radius 2 is 2.11 bits per heavy atom. The highest BCUT2D eigenvalue weighted by atomic mass is 32.2. The fourth-order valence-electron chi connectivity index (χ4n) is 2.60. The summed E-state index contributed by atoms with van der Waals surface area (Å²) in [6, 6.07) is 3.97. The molecule has 1 saturated heterocycles. The molecule has 1 aromatic carbocycles. The SMILES string of the molecule is CC1CC(C)N(S(=O)(=O)c2ccc(CN)cc2F)C1. The molecule has 2 N–H and O–H groups in total. The Kier molecular flexibility index (Phi) is 3.94. The van der Waals surface area contributed by atoms with Crippen molar-refractivity contribution in [3.63, 3.8) is 0 Å². The van der Waals surface area contributed by atoms with Gasteiger partial charge in [-0.3, -0.25) is 0 Å². The zero-order chi connectivity index (χ0) is 14.2. The van der Waals surface area contributed by atoms with Gasteiger partial charge in [-0.15, -0.1) is 0 Å². The predicted octanol–water partition coefficient (Wildman–Crippen LogP) is 1.70. The monoisotopic (exact) mass is 286 g/mol. The predicted molar refractivity (Wildman–Crippen MR) is 71.4 cm³/mol. The first-order valence-corrected chi connectivity index (χ1v) is 7.80. The number of nitrogens with zero attached hydrogens (tertiary/aromatic N) is 1. The van der Waals surface area contributed by atoms with Crippen molar-refractivity contribution >= 4 is 10.0 Å².